The van der Waals surface area contributed by atoms with Crippen LogP contribution >= 0.6 is 0 Å². The van der Waals surface area contributed by atoms with Crippen LogP contribution in [0.3, 0.4) is 0 Å². The van der Waals surface area contributed by atoms with Crippen LogP contribution in [0.4, 0.5) is 17.1 Å². The summed E-state index contributed by atoms with van der Waals surface area (Å²) in [7, 11) is 1.58. The molecule has 2 aromatic rings. The van der Waals surface area contributed by atoms with E-state index in [0.717, 1.165) is 29.0 Å². The van der Waals surface area contributed by atoms with Crippen LogP contribution in [-0.4, -0.2) is 31.5 Å². The van der Waals surface area contributed by atoms with Crippen LogP contribution in [0.25, 0.3) is 0 Å². The van der Waals surface area contributed by atoms with Crippen LogP contribution < -0.4 is 20.3 Å². The normalized spacial score (nSPS) is 14.8. The predicted molar refractivity (Wildman–Crippen MR) is 107 cm³/mol. The van der Waals surface area contributed by atoms with Gasteiger partial charge in [-0.15, -0.1) is 0 Å². The second-order valence-electron chi connectivity index (χ2n) is 6.76. The Bertz CT molecular complexity index is 850. The Kier molecular flexibility index (Phi) is 5.64. The van der Waals surface area contributed by atoms with E-state index in [0.29, 0.717) is 18.7 Å². The molecular formula is C21H25N3O3. The molecule has 0 aliphatic carbocycles. The zero-order chi connectivity index (χ0) is 19.4. The summed E-state index contributed by atoms with van der Waals surface area (Å²) in [6.07, 6.45) is 1.43. The predicted octanol–water partition coefficient (Wildman–Crippen LogP) is 3.57. The van der Waals surface area contributed by atoms with Gasteiger partial charge in [-0.3, -0.25) is 9.59 Å². The number of hydrogen-bond donors (Lipinski definition) is 2. The smallest absolute Gasteiger partial charge is 0.246 e. The van der Waals surface area contributed by atoms with Gasteiger partial charge < -0.3 is 20.3 Å². The molecule has 6 nitrogen and oxygen atoms in total. The van der Waals surface area contributed by atoms with Crippen LogP contribution in [0, 0.1) is 6.92 Å². The maximum absolute atomic E-state index is 12.4. The maximum Gasteiger partial charge on any atom is 0.246 e. The molecule has 0 saturated carbocycles. The number of anilines is 3. The van der Waals surface area contributed by atoms with Crippen molar-refractivity contribution in [2.45, 2.75) is 32.7 Å². The summed E-state index contributed by atoms with van der Waals surface area (Å²) in [5.41, 5.74) is 3.39. The zero-order valence-corrected chi connectivity index (χ0v) is 15.9. The highest BCUT2D eigenvalue weighted by Crippen LogP contribution is 2.34. The lowest BCUT2D eigenvalue weighted by Crippen LogP contribution is -2.32. The number of rotatable bonds is 6. The van der Waals surface area contributed by atoms with Crippen molar-refractivity contribution in [3.63, 3.8) is 0 Å². The molecule has 0 spiro atoms. The highest BCUT2D eigenvalue weighted by atomic mass is 16.5. The number of benzene rings is 2. The molecule has 0 bridgehead atoms. The van der Waals surface area contributed by atoms with Gasteiger partial charge in [0, 0.05) is 30.4 Å². The fourth-order valence-corrected chi connectivity index (χ4v) is 3.18. The Hall–Kier alpha value is -3.02. The molecule has 27 heavy (non-hydrogen) atoms. The van der Waals surface area contributed by atoms with E-state index in [1.165, 1.54) is 0 Å². The summed E-state index contributed by atoms with van der Waals surface area (Å²) < 4.78 is 5.46. The van der Waals surface area contributed by atoms with E-state index in [1.54, 1.807) is 18.9 Å². The molecule has 6 heteroatoms. The lowest BCUT2D eigenvalue weighted by atomic mass is 10.2. The van der Waals surface area contributed by atoms with Gasteiger partial charge in [0.15, 0.2) is 0 Å². The first kappa shape index (κ1) is 18.8. The summed E-state index contributed by atoms with van der Waals surface area (Å²) in [5, 5.41) is 6.09. The lowest BCUT2D eigenvalue weighted by molar-refractivity contribution is -0.117. The zero-order valence-electron chi connectivity index (χ0n) is 15.9. The Morgan fingerprint density at radius 1 is 1.19 bits per heavy atom. The van der Waals surface area contributed by atoms with Crippen molar-refractivity contribution in [1.29, 1.82) is 0 Å². The van der Waals surface area contributed by atoms with E-state index in [1.807, 2.05) is 49.4 Å². The van der Waals surface area contributed by atoms with Crippen molar-refractivity contribution in [3.8, 4) is 5.75 Å². The number of nitrogens with one attached hydrogen (secondary N) is 2. The third kappa shape index (κ3) is 4.39. The van der Waals surface area contributed by atoms with Gasteiger partial charge in [-0.05, 0) is 50.1 Å². The van der Waals surface area contributed by atoms with Crippen LogP contribution in [0.5, 0.6) is 5.75 Å². The molecule has 2 aromatic carbocycles. The van der Waals surface area contributed by atoms with Gasteiger partial charge in [-0.1, -0.05) is 12.1 Å². The third-order valence-corrected chi connectivity index (χ3v) is 4.61. The van der Waals surface area contributed by atoms with Gasteiger partial charge in [0.2, 0.25) is 11.8 Å². The van der Waals surface area contributed by atoms with E-state index in [4.69, 9.17) is 4.74 Å². The molecule has 0 aromatic heterocycles. The number of ether oxygens (including phenoxy) is 1. The molecule has 0 unspecified atom stereocenters. The molecule has 1 saturated heterocycles. The molecule has 1 atom stereocenters. The summed E-state index contributed by atoms with van der Waals surface area (Å²) in [6.45, 7) is 4.49. The number of nitrogens with zero attached hydrogens (tertiary/aromatic N) is 1. The monoisotopic (exact) mass is 367 g/mol. The minimum atomic E-state index is -0.436. The van der Waals surface area contributed by atoms with E-state index < -0.39 is 6.04 Å². The Balaban J connectivity index is 1.69. The molecule has 1 fully saturated rings. The molecule has 2 N–H and O–H groups in total. The van der Waals surface area contributed by atoms with Gasteiger partial charge in [0.05, 0.1) is 12.8 Å². The summed E-state index contributed by atoms with van der Waals surface area (Å²) in [4.78, 5) is 26.2. The van der Waals surface area contributed by atoms with Gasteiger partial charge >= 0.3 is 0 Å². The van der Waals surface area contributed by atoms with Gasteiger partial charge in [0.25, 0.3) is 0 Å². The second kappa shape index (κ2) is 8.12. The van der Waals surface area contributed by atoms with Gasteiger partial charge in [-0.25, -0.2) is 0 Å². The first-order valence-electron chi connectivity index (χ1n) is 9.10. The number of carbonyl (C=O) groups excluding carboxylic acids is 2. The van der Waals surface area contributed by atoms with Crippen molar-refractivity contribution in [2.24, 2.45) is 0 Å². The molecule has 3 rings (SSSR count). The van der Waals surface area contributed by atoms with Crippen molar-refractivity contribution < 1.29 is 14.3 Å². The Labute approximate surface area is 159 Å². The first-order valence-corrected chi connectivity index (χ1v) is 9.10. The fraction of sp³-hybridized carbons (Fsp3) is 0.333. The number of aryl methyl sites for hydroxylation is 1. The topological polar surface area (TPSA) is 70.7 Å². The van der Waals surface area contributed by atoms with Crippen LogP contribution in [0.2, 0.25) is 0 Å². The van der Waals surface area contributed by atoms with E-state index in [9.17, 15) is 9.59 Å². The largest absolute Gasteiger partial charge is 0.494 e. The second-order valence-corrected chi connectivity index (χ2v) is 6.76. The van der Waals surface area contributed by atoms with Crippen LogP contribution in [-0.2, 0) is 9.59 Å². The fourth-order valence-electron chi connectivity index (χ4n) is 3.18. The van der Waals surface area contributed by atoms with Crippen molar-refractivity contribution in [1.82, 2.24) is 0 Å². The molecule has 142 valence electrons. The summed E-state index contributed by atoms with van der Waals surface area (Å²) >= 11 is 0. The highest BCUT2D eigenvalue weighted by molar-refractivity contribution is 5.98. The standard InChI is InChI=1S/C21H25N3O3/c1-14-6-4-7-16(12-14)23-21(26)15(2)22-17-9-10-18(19(13-17)27-3)24-11-5-8-20(24)25/h4,6-7,9-10,12-13,15,22H,5,8,11H2,1-3H3,(H,23,26)/t15-/m1/s1. The minimum absolute atomic E-state index is 0.111. The molecule has 2 amide bonds. The SMILES string of the molecule is COc1cc(N[C@H](C)C(=O)Nc2cccc(C)c2)ccc1N1CCCC1=O. The van der Waals surface area contributed by atoms with Crippen LogP contribution in [0.15, 0.2) is 42.5 Å². The highest BCUT2D eigenvalue weighted by Gasteiger charge is 2.24. The van der Waals surface area contributed by atoms with Crippen molar-refractivity contribution in [3.05, 3.63) is 48.0 Å². The van der Waals surface area contributed by atoms with Crippen molar-refractivity contribution in [2.75, 3.05) is 29.2 Å². The Morgan fingerprint density at radius 2 is 2.00 bits per heavy atom. The average Bonchev–Trinajstić information content (AvgIpc) is 3.07. The molecule has 1 aliphatic heterocycles. The summed E-state index contributed by atoms with van der Waals surface area (Å²) in [5.74, 6) is 0.597. The van der Waals surface area contributed by atoms with Gasteiger partial charge in [0.1, 0.15) is 11.8 Å². The quantitative estimate of drug-likeness (QED) is 0.819. The first-order chi connectivity index (χ1) is 13.0. The number of hydrogen-bond acceptors (Lipinski definition) is 4. The molecule has 1 heterocycles. The minimum Gasteiger partial charge on any atom is -0.494 e. The lowest BCUT2D eigenvalue weighted by Gasteiger charge is -2.21. The van der Waals surface area contributed by atoms with E-state index in [2.05, 4.69) is 10.6 Å². The number of amides is 2. The van der Waals surface area contributed by atoms with E-state index in [-0.39, 0.29) is 11.8 Å². The Morgan fingerprint density at radius 3 is 2.67 bits per heavy atom. The number of carbonyl (C=O) groups is 2. The van der Waals surface area contributed by atoms with Gasteiger partial charge in [-0.2, -0.15) is 0 Å². The average molecular weight is 367 g/mol. The maximum atomic E-state index is 12.4. The van der Waals surface area contributed by atoms with Crippen molar-refractivity contribution >= 4 is 28.9 Å². The van der Waals surface area contributed by atoms with Crippen LogP contribution in [0.1, 0.15) is 25.3 Å². The molecule has 0 radical (unpaired) electrons. The molecular weight excluding hydrogens is 342 g/mol. The molecule has 1 aliphatic rings. The number of methoxy groups -OCH3 is 1. The van der Waals surface area contributed by atoms with E-state index >= 15 is 0 Å². The summed E-state index contributed by atoms with van der Waals surface area (Å²) in [6, 6.07) is 12.8. The third-order valence-electron chi connectivity index (χ3n) is 4.61.